The Hall–Kier alpha value is -1.56. The van der Waals surface area contributed by atoms with Gasteiger partial charge in [-0.15, -0.1) is 11.8 Å². The van der Waals surface area contributed by atoms with Gasteiger partial charge in [-0.05, 0) is 37.1 Å². The number of thioether (sulfide) groups is 1. The number of nitrogens with one attached hydrogen (secondary N) is 1. The van der Waals surface area contributed by atoms with Gasteiger partial charge in [-0.1, -0.05) is 0 Å². The molecule has 2 rings (SSSR count). The lowest BCUT2D eigenvalue weighted by Gasteiger charge is -2.15. The molecule has 0 unspecified atom stereocenters. The Morgan fingerprint density at radius 1 is 1.33 bits per heavy atom. The lowest BCUT2D eigenvalue weighted by atomic mass is 10.4. The normalized spacial score (nSPS) is 14.5. The van der Waals surface area contributed by atoms with E-state index in [1.54, 1.807) is 12.1 Å². The number of carbonyl (C=O) groups is 2. The Morgan fingerprint density at radius 2 is 2.10 bits per heavy atom. The third-order valence-electron chi connectivity index (χ3n) is 3.28. The number of hydrogen-bond acceptors (Lipinski definition) is 3. The van der Waals surface area contributed by atoms with E-state index in [-0.39, 0.29) is 17.6 Å². The predicted molar refractivity (Wildman–Crippen MR) is 80.6 cm³/mol. The van der Waals surface area contributed by atoms with Crippen molar-refractivity contribution in [2.75, 3.05) is 25.4 Å². The maximum Gasteiger partial charge on any atom is 0.230 e. The van der Waals surface area contributed by atoms with E-state index < -0.39 is 0 Å². The van der Waals surface area contributed by atoms with Gasteiger partial charge in [0.15, 0.2) is 0 Å². The van der Waals surface area contributed by atoms with E-state index in [1.165, 1.54) is 23.9 Å². The van der Waals surface area contributed by atoms with Crippen LogP contribution >= 0.6 is 11.8 Å². The highest BCUT2D eigenvalue weighted by Crippen LogP contribution is 2.17. The Kier molecular flexibility index (Phi) is 6.04. The summed E-state index contributed by atoms with van der Waals surface area (Å²) in [7, 11) is 0. The van der Waals surface area contributed by atoms with Crippen LogP contribution < -0.4 is 5.32 Å². The van der Waals surface area contributed by atoms with Gasteiger partial charge in [0.2, 0.25) is 11.8 Å². The molecule has 1 fully saturated rings. The number of carbonyl (C=O) groups excluding carboxylic acids is 2. The van der Waals surface area contributed by atoms with Crippen LogP contribution in [0, 0.1) is 5.82 Å². The fourth-order valence-corrected chi connectivity index (χ4v) is 2.90. The molecule has 0 saturated carbocycles. The summed E-state index contributed by atoms with van der Waals surface area (Å²) >= 11 is 1.38. The first-order valence-electron chi connectivity index (χ1n) is 7.08. The Balaban J connectivity index is 1.57. The average Bonchev–Trinajstić information content (AvgIpc) is 2.88. The van der Waals surface area contributed by atoms with Gasteiger partial charge in [-0.2, -0.15) is 0 Å². The van der Waals surface area contributed by atoms with Gasteiger partial charge in [0.25, 0.3) is 0 Å². The third kappa shape index (κ3) is 5.38. The SMILES string of the molecule is O=C(CSc1ccc(F)cc1)NCCCN1CCCC1=O. The fourth-order valence-electron chi connectivity index (χ4n) is 2.17. The molecule has 21 heavy (non-hydrogen) atoms. The van der Waals surface area contributed by atoms with Crippen LogP contribution in [0.15, 0.2) is 29.2 Å². The van der Waals surface area contributed by atoms with E-state index in [9.17, 15) is 14.0 Å². The lowest BCUT2D eigenvalue weighted by molar-refractivity contribution is -0.127. The molecule has 2 amide bonds. The number of hydrogen-bond donors (Lipinski definition) is 1. The van der Waals surface area contributed by atoms with E-state index in [0.29, 0.717) is 25.3 Å². The second-order valence-electron chi connectivity index (χ2n) is 4.93. The summed E-state index contributed by atoms with van der Waals surface area (Å²) in [5, 5.41) is 2.83. The van der Waals surface area contributed by atoms with Crippen LogP contribution in [0.25, 0.3) is 0 Å². The summed E-state index contributed by atoms with van der Waals surface area (Å²) in [5.74, 6) is 0.208. The largest absolute Gasteiger partial charge is 0.355 e. The molecule has 6 heteroatoms. The maximum absolute atomic E-state index is 12.7. The van der Waals surface area contributed by atoms with E-state index in [2.05, 4.69) is 5.32 Å². The van der Waals surface area contributed by atoms with Crippen LogP contribution in [0.4, 0.5) is 4.39 Å². The van der Waals surface area contributed by atoms with Crippen LogP contribution in [-0.2, 0) is 9.59 Å². The first-order chi connectivity index (χ1) is 10.1. The van der Waals surface area contributed by atoms with E-state index in [1.807, 2.05) is 4.90 Å². The average molecular weight is 310 g/mol. The maximum atomic E-state index is 12.7. The van der Waals surface area contributed by atoms with Crippen molar-refractivity contribution in [3.05, 3.63) is 30.1 Å². The van der Waals surface area contributed by atoms with Crippen molar-refractivity contribution in [1.29, 1.82) is 0 Å². The van der Waals surface area contributed by atoms with E-state index >= 15 is 0 Å². The Labute approximate surface area is 128 Å². The first-order valence-corrected chi connectivity index (χ1v) is 8.06. The number of nitrogens with zero attached hydrogens (tertiary/aromatic N) is 1. The summed E-state index contributed by atoms with van der Waals surface area (Å²) in [6.07, 6.45) is 2.37. The highest BCUT2D eigenvalue weighted by Gasteiger charge is 2.18. The van der Waals surface area contributed by atoms with Crippen LogP contribution in [0.2, 0.25) is 0 Å². The van der Waals surface area contributed by atoms with Gasteiger partial charge >= 0.3 is 0 Å². The molecule has 0 spiro atoms. The monoisotopic (exact) mass is 310 g/mol. The minimum absolute atomic E-state index is 0.0444. The van der Waals surface area contributed by atoms with Crippen LogP contribution in [0.3, 0.4) is 0 Å². The van der Waals surface area contributed by atoms with E-state index in [4.69, 9.17) is 0 Å². The number of halogens is 1. The Bertz CT molecular complexity index is 493. The zero-order valence-electron chi connectivity index (χ0n) is 11.8. The molecule has 1 N–H and O–H groups in total. The highest BCUT2D eigenvalue weighted by atomic mass is 32.2. The highest BCUT2D eigenvalue weighted by molar-refractivity contribution is 8.00. The summed E-state index contributed by atoms with van der Waals surface area (Å²) < 4.78 is 12.7. The van der Waals surface area contributed by atoms with Crippen molar-refractivity contribution in [3.63, 3.8) is 0 Å². The quantitative estimate of drug-likeness (QED) is 0.619. The van der Waals surface area contributed by atoms with Crippen molar-refractivity contribution >= 4 is 23.6 Å². The number of likely N-dealkylation sites (tertiary alicyclic amines) is 1. The van der Waals surface area contributed by atoms with Gasteiger partial charge < -0.3 is 10.2 Å². The summed E-state index contributed by atoms with van der Waals surface area (Å²) in [4.78, 5) is 25.8. The molecule has 1 heterocycles. The summed E-state index contributed by atoms with van der Waals surface area (Å²) in [5.41, 5.74) is 0. The molecule has 1 aromatic carbocycles. The summed E-state index contributed by atoms with van der Waals surface area (Å²) in [6, 6.07) is 6.08. The van der Waals surface area contributed by atoms with Gasteiger partial charge in [-0.3, -0.25) is 9.59 Å². The minimum Gasteiger partial charge on any atom is -0.355 e. The minimum atomic E-state index is -0.278. The standard InChI is InChI=1S/C15H19FN2O2S/c16-12-4-6-13(7-5-12)21-11-14(19)17-8-2-10-18-9-1-3-15(18)20/h4-7H,1-3,8-11H2,(H,17,19). The van der Waals surface area contributed by atoms with Crippen molar-refractivity contribution < 1.29 is 14.0 Å². The molecular weight excluding hydrogens is 291 g/mol. The van der Waals surface area contributed by atoms with Crippen LogP contribution in [-0.4, -0.2) is 42.1 Å². The van der Waals surface area contributed by atoms with E-state index in [0.717, 1.165) is 24.3 Å². The van der Waals surface area contributed by atoms with Crippen molar-refractivity contribution in [1.82, 2.24) is 10.2 Å². The lowest BCUT2D eigenvalue weighted by Crippen LogP contribution is -2.31. The second kappa shape index (κ2) is 8.02. The Morgan fingerprint density at radius 3 is 2.76 bits per heavy atom. The molecule has 0 radical (unpaired) electrons. The predicted octanol–water partition coefficient (Wildman–Crippen LogP) is 2.05. The topological polar surface area (TPSA) is 49.4 Å². The fraction of sp³-hybridized carbons (Fsp3) is 0.467. The van der Waals surface area contributed by atoms with Gasteiger partial charge in [0.1, 0.15) is 5.82 Å². The molecule has 1 aromatic rings. The molecule has 0 bridgehead atoms. The summed E-state index contributed by atoms with van der Waals surface area (Å²) in [6.45, 7) is 2.13. The first kappa shape index (κ1) is 15.8. The number of rotatable bonds is 7. The molecule has 1 aliphatic heterocycles. The van der Waals surface area contributed by atoms with Crippen LogP contribution in [0.5, 0.6) is 0 Å². The molecule has 0 aromatic heterocycles. The molecule has 0 atom stereocenters. The van der Waals surface area contributed by atoms with Crippen molar-refractivity contribution in [2.45, 2.75) is 24.2 Å². The number of benzene rings is 1. The third-order valence-corrected chi connectivity index (χ3v) is 4.29. The molecule has 1 saturated heterocycles. The van der Waals surface area contributed by atoms with Crippen LogP contribution in [0.1, 0.15) is 19.3 Å². The molecule has 1 aliphatic rings. The van der Waals surface area contributed by atoms with Crippen molar-refractivity contribution in [3.8, 4) is 0 Å². The van der Waals surface area contributed by atoms with Gasteiger partial charge in [-0.25, -0.2) is 4.39 Å². The second-order valence-corrected chi connectivity index (χ2v) is 5.98. The van der Waals surface area contributed by atoms with Gasteiger partial charge in [0, 0.05) is 31.0 Å². The zero-order chi connectivity index (χ0) is 15.1. The smallest absolute Gasteiger partial charge is 0.230 e. The molecule has 114 valence electrons. The van der Waals surface area contributed by atoms with Crippen molar-refractivity contribution in [2.24, 2.45) is 0 Å². The number of amides is 2. The molecule has 4 nitrogen and oxygen atoms in total. The molecular formula is C15H19FN2O2S. The van der Waals surface area contributed by atoms with Gasteiger partial charge in [0.05, 0.1) is 5.75 Å². The zero-order valence-corrected chi connectivity index (χ0v) is 12.6. The molecule has 0 aliphatic carbocycles.